The van der Waals surface area contributed by atoms with Gasteiger partial charge in [-0.05, 0) is 30.5 Å². The highest BCUT2D eigenvalue weighted by Crippen LogP contribution is 2.29. The third-order valence-electron chi connectivity index (χ3n) is 5.11. The number of aryl methyl sites for hydroxylation is 1. The van der Waals surface area contributed by atoms with Crippen molar-refractivity contribution in [3.05, 3.63) is 48.3 Å². The minimum atomic E-state index is -0.369. The molecule has 1 fully saturated rings. The van der Waals surface area contributed by atoms with Crippen LogP contribution in [0.4, 0.5) is 5.69 Å². The molecule has 3 heterocycles. The van der Waals surface area contributed by atoms with Crippen LogP contribution in [-0.4, -0.2) is 55.2 Å². The number of hydrogen-bond acceptors (Lipinski definition) is 5. The molecule has 1 saturated heterocycles. The third-order valence-corrected chi connectivity index (χ3v) is 5.11. The Hall–Kier alpha value is -2.76. The van der Waals surface area contributed by atoms with Crippen LogP contribution < -0.4 is 14.4 Å². The van der Waals surface area contributed by atoms with Crippen molar-refractivity contribution in [3.63, 3.8) is 0 Å². The van der Waals surface area contributed by atoms with Gasteiger partial charge in [-0.25, -0.2) is 0 Å². The number of aromatic nitrogens is 1. The molecular weight excluding hydrogens is 330 g/mol. The van der Waals surface area contributed by atoms with Gasteiger partial charge in [-0.2, -0.15) is 0 Å². The standard InChI is InChI=1S/C20H23N3O3/c1-25-19-14-21-9-8-16(19)22-10-12-23(13-11-22)20(24)18-7-6-15-4-2-3-5-17(15)26-18/h2-5,8-9,14,18H,6-7,10-13H2,1H3. The van der Waals surface area contributed by atoms with E-state index in [-0.39, 0.29) is 12.0 Å². The number of fused-ring (bicyclic) bond motifs is 1. The van der Waals surface area contributed by atoms with E-state index in [9.17, 15) is 4.79 Å². The number of benzene rings is 1. The van der Waals surface area contributed by atoms with Crippen molar-refractivity contribution in [2.45, 2.75) is 18.9 Å². The Labute approximate surface area is 153 Å². The van der Waals surface area contributed by atoms with E-state index < -0.39 is 0 Å². The average Bonchev–Trinajstić information content (AvgIpc) is 2.73. The number of carbonyl (C=O) groups excluding carboxylic acids is 1. The van der Waals surface area contributed by atoms with Gasteiger partial charge in [-0.3, -0.25) is 9.78 Å². The monoisotopic (exact) mass is 353 g/mol. The molecule has 2 aromatic rings. The predicted octanol–water partition coefficient (Wildman–Crippen LogP) is 2.13. The number of ether oxygens (including phenoxy) is 2. The zero-order valence-corrected chi connectivity index (χ0v) is 14.9. The van der Waals surface area contributed by atoms with Gasteiger partial charge in [0.15, 0.2) is 11.9 Å². The molecule has 6 heteroatoms. The zero-order valence-electron chi connectivity index (χ0n) is 14.9. The van der Waals surface area contributed by atoms with Crippen LogP contribution in [0.5, 0.6) is 11.5 Å². The van der Waals surface area contributed by atoms with Gasteiger partial charge < -0.3 is 19.3 Å². The number of rotatable bonds is 3. The summed E-state index contributed by atoms with van der Waals surface area (Å²) in [6.45, 7) is 2.92. The molecule has 2 aliphatic rings. The molecule has 0 saturated carbocycles. The minimum Gasteiger partial charge on any atom is -0.493 e. The Morgan fingerprint density at radius 1 is 1.19 bits per heavy atom. The van der Waals surface area contributed by atoms with Crippen molar-refractivity contribution in [1.29, 1.82) is 0 Å². The molecule has 1 aromatic heterocycles. The van der Waals surface area contributed by atoms with E-state index >= 15 is 0 Å². The number of hydrogen-bond donors (Lipinski definition) is 0. The average molecular weight is 353 g/mol. The second kappa shape index (κ2) is 7.23. The lowest BCUT2D eigenvalue weighted by molar-refractivity contribution is -0.139. The molecule has 2 aliphatic heterocycles. The number of carbonyl (C=O) groups is 1. The Morgan fingerprint density at radius 2 is 2.00 bits per heavy atom. The quantitative estimate of drug-likeness (QED) is 0.846. The molecule has 4 rings (SSSR count). The van der Waals surface area contributed by atoms with E-state index in [0.717, 1.165) is 43.1 Å². The van der Waals surface area contributed by atoms with Crippen LogP contribution in [0.3, 0.4) is 0 Å². The number of pyridine rings is 1. The number of amides is 1. The van der Waals surface area contributed by atoms with E-state index in [1.165, 1.54) is 5.56 Å². The molecule has 1 amide bonds. The molecule has 0 radical (unpaired) electrons. The summed E-state index contributed by atoms with van der Waals surface area (Å²) in [6.07, 6.45) is 4.75. The molecule has 0 spiro atoms. The fourth-order valence-electron chi connectivity index (χ4n) is 3.66. The molecule has 1 atom stereocenters. The molecule has 1 aromatic carbocycles. The van der Waals surface area contributed by atoms with Crippen LogP contribution in [0.15, 0.2) is 42.7 Å². The van der Waals surface area contributed by atoms with Gasteiger partial charge in [-0.1, -0.05) is 18.2 Å². The highest BCUT2D eigenvalue weighted by atomic mass is 16.5. The summed E-state index contributed by atoms with van der Waals surface area (Å²) in [5, 5.41) is 0. The van der Waals surface area contributed by atoms with Crippen molar-refractivity contribution < 1.29 is 14.3 Å². The van der Waals surface area contributed by atoms with Crippen molar-refractivity contribution in [1.82, 2.24) is 9.88 Å². The summed E-state index contributed by atoms with van der Waals surface area (Å²) in [5.74, 6) is 1.71. The maximum atomic E-state index is 12.9. The third kappa shape index (κ3) is 3.19. The van der Waals surface area contributed by atoms with E-state index in [4.69, 9.17) is 9.47 Å². The maximum Gasteiger partial charge on any atom is 0.263 e. The van der Waals surface area contributed by atoms with Crippen LogP contribution in [-0.2, 0) is 11.2 Å². The van der Waals surface area contributed by atoms with Crippen LogP contribution >= 0.6 is 0 Å². The molecule has 1 unspecified atom stereocenters. The van der Waals surface area contributed by atoms with Crippen LogP contribution in [0.2, 0.25) is 0 Å². The van der Waals surface area contributed by atoms with Crippen LogP contribution in [0.1, 0.15) is 12.0 Å². The van der Waals surface area contributed by atoms with Gasteiger partial charge in [0, 0.05) is 32.4 Å². The van der Waals surface area contributed by atoms with Gasteiger partial charge in [0.1, 0.15) is 5.75 Å². The first-order chi connectivity index (χ1) is 12.8. The highest BCUT2D eigenvalue weighted by Gasteiger charge is 2.32. The SMILES string of the molecule is COc1cnccc1N1CCN(C(=O)C2CCc3ccccc3O2)CC1. The van der Waals surface area contributed by atoms with Crippen LogP contribution in [0, 0.1) is 0 Å². The van der Waals surface area contributed by atoms with Crippen molar-refractivity contribution in [2.24, 2.45) is 0 Å². The second-order valence-corrected chi connectivity index (χ2v) is 6.61. The van der Waals surface area contributed by atoms with Gasteiger partial charge >= 0.3 is 0 Å². The molecule has 136 valence electrons. The summed E-state index contributed by atoms with van der Waals surface area (Å²) >= 11 is 0. The number of anilines is 1. The van der Waals surface area contributed by atoms with Gasteiger partial charge in [-0.15, -0.1) is 0 Å². The smallest absolute Gasteiger partial charge is 0.263 e. The number of methoxy groups -OCH3 is 1. The predicted molar refractivity (Wildman–Crippen MR) is 98.8 cm³/mol. The summed E-state index contributed by atoms with van der Waals surface area (Å²) < 4.78 is 11.4. The molecule has 0 aliphatic carbocycles. The summed E-state index contributed by atoms with van der Waals surface area (Å²) in [6, 6.07) is 9.93. The number of nitrogens with zero attached hydrogens (tertiary/aromatic N) is 3. The van der Waals surface area contributed by atoms with Crippen molar-refractivity contribution in [3.8, 4) is 11.5 Å². The van der Waals surface area contributed by atoms with Gasteiger partial charge in [0.25, 0.3) is 5.91 Å². The molecule has 26 heavy (non-hydrogen) atoms. The normalized spacial score (nSPS) is 19.5. The lowest BCUT2D eigenvalue weighted by Crippen LogP contribution is -2.53. The Bertz CT molecular complexity index is 787. The minimum absolute atomic E-state index is 0.0980. The van der Waals surface area contributed by atoms with E-state index in [1.54, 1.807) is 19.5 Å². The first-order valence-electron chi connectivity index (χ1n) is 9.02. The fraction of sp³-hybridized carbons (Fsp3) is 0.400. The first kappa shape index (κ1) is 16.7. The largest absolute Gasteiger partial charge is 0.493 e. The Balaban J connectivity index is 1.38. The lowest BCUT2D eigenvalue weighted by Gasteiger charge is -2.38. The van der Waals surface area contributed by atoms with Crippen LogP contribution in [0.25, 0.3) is 0 Å². The van der Waals surface area contributed by atoms with E-state index in [2.05, 4.69) is 16.0 Å². The molecular formula is C20H23N3O3. The summed E-state index contributed by atoms with van der Waals surface area (Å²) in [4.78, 5) is 21.1. The summed E-state index contributed by atoms with van der Waals surface area (Å²) in [5.41, 5.74) is 2.21. The molecule has 0 N–H and O–H groups in total. The van der Waals surface area contributed by atoms with E-state index in [0.29, 0.717) is 13.1 Å². The van der Waals surface area contributed by atoms with Gasteiger partial charge in [0.05, 0.1) is 19.0 Å². The Morgan fingerprint density at radius 3 is 2.81 bits per heavy atom. The Kier molecular flexibility index (Phi) is 4.65. The summed E-state index contributed by atoms with van der Waals surface area (Å²) in [7, 11) is 1.65. The first-order valence-corrected chi connectivity index (χ1v) is 9.02. The second-order valence-electron chi connectivity index (χ2n) is 6.61. The maximum absolute atomic E-state index is 12.9. The topological polar surface area (TPSA) is 54.9 Å². The van der Waals surface area contributed by atoms with E-state index in [1.807, 2.05) is 29.2 Å². The zero-order chi connectivity index (χ0) is 17.9. The number of para-hydroxylation sites is 1. The molecule has 0 bridgehead atoms. The number of piperazine rings is 1. The highest BCUT2D eigenvalue weighted by molar-refractivity contribution is 5.82. The fourth-order valence-corrected chi connectivity index (χ4v) is 3.66. The molecule has 6 nitrogen and oxygen atoms in total. The van der Waals surface area contributed by atoms with Crippen molar-refractivity contribution >= 4 is 11.6 Å². The lowest BCUT2D eigenvalue weighted by atomic mass is 10.0. The van der Waals surface area contributed by atoms with Crippen molar-refractivity contribution in [2.75, 3.05) is 38.2 Å². The van der Waals surface area contributed by atoms with Gasteiger partial charge in [0.2, 0.25) is 0 Å².